The van der Waals surface area contributed by atoms with E-state index in [0.29, 0.717) is 5.56 Å². The molecule has 8 heteroatoms. The Kier molecular flexibility index (Phi) is 8.28. The molecule has 0 fully saturated rings. The van der Waals surface area contributed by atoms with Crippen LogP contribution in [0.3, 0.4) is 0 Å². The van der Waals surface area contributed by atoms with Crippen LogP contribution in [0.4, 0.5) is 4.39 Å². The maximum atomic E-state index is 15.0. The molecule has 0 bridgehead atoms. The summed E-state index contributed by atoms with van der Waals surface area (Å²) >= 11 is 3.32. The second kappa shape index (κ2) is 11.8. The van der Waals surface area contributed by atoms with Crippen molar-refractivity contribution in [1.82, 2.24) is 0 Å². The van der Waals surface area contributed by atoms with Crippen LogP contribution in [0, 0.1) is 0 Å². The zero-order valence-electron chi connectivity index (χ0n) is 19.3. The lowest BCUT2D eigenvalue weighted by Gasteiger charge is -2.24. The molecule has 0 heterocycles. The third kappa shape index (κ3) is 6.07. The van der Waals surface area contributed by atoms with Crippen LogP contribution in [0.15, 0.2) is 90.1 Å². The minimum Gasteiger partial charge on any atom is -0.461 e. The van der Waals surface area contributed by atoms with Gasteiger partial charge in [-0.05, 0) is 45.8 Å². The molecule has 0 saturated carbocycles. The average Bonchev–Trinajstić information content (AvgIpc) is 2.92. The Balaban J connectivity index is 1.47. The monoisotopic (exact) mass is 551 g/mol. The van der Waals surface area contributed by atoms with Gasteiger partial charge in [-0.3, -0.25) is 0 Å². The summed E-state index contributed by atoms with van der Waals surface area (Å²) in [7, 11) is 1.27. The van der Waals surface area contributed by atoms with E-state index in [2.05, 4.69) is 25.9 Å². The number of fused-ring (bicyclic) bond motifs is 2. The summed E-state index contributed by atoms with van der Waals surface area (Å²) in [4.78, 5) is 29.2. The lowest BCUT2D eigenvalue weighted by Crippen LogP contribution is -2.39. The van der Waals surface area contributed by atoms with Crippen molar-refractivity contribution >= 4 is 55.6 Å². The molecular formula is C28H23BrFNO5. The molecule has 184 valence electrons. The highest BCUT2D eigenvalue weighted by Crippen LogP contribution is 2.22. The molecule has 0 unspecified atom stereocenters. The van der Waals surface area contributed by atoms with Crippen molar-refractivity contribution < 1.29 is 28.3 Å². The van der Waals surface area contributed by atoms with E-state index >= 15 is 0 Å². The molecular weight excluding hydrogens is 529 g/mol. The molecule has 3 atom stereocenters. The third-order valence-corrected chi connectivity index (χ3v) is 6.35. The van der Waals surface area contributed by atoms with Gasteiger partial charge in [0.15, 0.2) is 12.3 Å². The summed E-state index contributed by atoms with van der Waals surface area (Å²) in [5.41, 5.74) is 0.623. The Labute approximate surface area is 215 Å². The fourth-order valence-electron chi connectivity index (χ4n) is 3.70. The summed E-state index contributed by atoms with van der Waals surface area (Å²) in [5, 5.41) is 7.14. The van der Waals surface area contributed by atoms with Gasteiger partial charge < -0.3 is 14.3 Å². The first-order valence-electron chi connectivity index (χ1n) is 11.2. The lowest BCUT2D eigenvalue weighted by molar-refractivity contribution is 0.00848. The first-order chi connectivity index (χ1) is 17.5. The first-order valence-corrected chi connectivity index (χ1v) is 12.1. The van der Waals surface area contributed by atoms with Crippen LogP contribution < -0.4 is 0 Å². The summed E-state index contributed by atoms with van der Waals surface area (Å²) in [6.45, 7) is -0.247. The molecule has 4 rings (SSSR count). The maximum absolute atomic E-state index is 15.0. The molecule has 6 nitrogen and oxygen atoms in total. The van der Waals surface area contributed by atoms with E-state index in [1.807, 2.05) is 54.6 Å². The molecule has 36 heavy (non-hydrogen) atoms. The van der Waals surface area contributed by atoms with Crippen LogP contribution in [0.25, 0.3) is 21.5 Å². The Morgan fingerprint density at radius 3 is 1.94 bits per heavy atom. The summed E-state index contributed by atoms with van der Waals surface area (Å²) in [6.07, 6.45) is -2.28. The molecule has 0 N–H and O–H groups in total. The zero-order valence-corrected chi connectivity index (χ0v) is 20.9. The van der Waals surface area contributed by atoms with Gasteiger partial charge in [-0.1, -0.05) is 81.7 Å². The standard InChI is InChI=1S/C28H23BrFNO5/c1-34-31-16-25(30)26(36-28(33)23-13-11-19-7-3-5-9-21(19)15-23)24(29)17-35-27(32)22-12-10-18-6-2-4-8-20(18)14-22/h2-16,24-26H,17H2,1H3/b31-16+/t24-,25+,26+/m0/s1. The normalized spacial score (nSPS) is 13.9. The minimum absolute atomic E-state index is 0.247. The molecule has 0 amide bonds. The molecule has 0 aliphatic heterocycles. The predicted octanol–water partition coefficient (Wildman–Crippen LogP) is 6.11. The second-order valence-corrected chi connectivity index (χ2v) is 9.17. The molecule has 0 radical (unpaired) electrons. The SMILES string of the molecule is CO/N=C/[C@@H](F)[C@H](OC(=O)c1ccc2ccccc2c1)[C@@H](Br)COC(=O)c1ccc2ccccc2c1. The average molecular weight is 552 g/mol. The quantitative estimate of drug-likeness (QED) is 0.108. The largest absolute Gasteiger partial charge is 0.461 e. The molecule has 0 aliphatic carbocycles. The highest BCUT2D eigenvalue weighted by Gasteiger charge is 2.33. The van der Waals surface area contributed by atoms with Gasteiger partial charge in [-0.15, -0.1) is 0 Å². The summed E-state index contributed by atoms with van der Waals surface area (Å²) in [6, 6.07) is 25.5. The lowest BCUT2D eigenvalue weighted by atomic mass is 10.1. The van der Waals surface area contributed by atoms with Crippen molar-refractivity contribution in [1.29, 1.82) is 0 Å². The Hall–Kier alpha value is -3.78. The molecule has 4 aromatic rings. The van der Waals surface area contributed by atoms with Crippen LogP contribution in [0.5, 0.6) is 0 Å². The van der Waals surface area contributed by atoms with Gasteiger partial charge in [0.1, 0.15) is 13.7 Å². The van der Waals surface area contributed by atoms with Crippen LogP contribution in [0.1, 0.15) is 20.7 Å². The molecule has 0 aliphatic rings. The van der Waals surface area contributed by atoms with Crippen molar-refractivity contribution in [2.45, 2.75) is 17.1 Å². The van der Waals surface area contributed by atoms with Gasteiger partial charge in [0.2, 0.25) is 0 Å². The van der Waals surface area contributed by atoms with E-state index in [1.54, 1.807) is 30.3 Å². The first kappa shape index (κ1) is 25.3. The predicted molar refractivity (Wildman–Crippen MR) is 140 cm³/mol. The van der Waals surface area contributed by atoms with Crippen molar-refractivity contribution in [3.05, 3.63) is 96.1 Å². The van der Waals surface area contributed by atoms with Crippen LogP contribution in [-0.2, 0) is 14.3 Å². The zero-order chi connectivity index (χ0) is 25.5. The van der Waals surface area contributed by atoms with Crippen molar-refractivity contribution in [3.63, 3.8) is 0 Å². The fraction of sp³-hybridized carbons (Fsp3) is 0.179. The number of carbonyl (C=O) groups is 2. The minimum atomic E-state index is -1.82. The molecule has 4 aromatic carbocycles. The molecule has 0 aromatic heterocycles. The number of alkyl halides is 2. The van der Waals surface area contributed by atoms with Gasteiger partial charge in [0.25, 0.3) is 0 Å². The molecule has 0 spiro atoms. The van der Waals surface area contributed by atoms with Crippen LogP contribution in [0.2, 0.25) is 0 Å². The van der Waals surface area contributed by atoms with Gasteiger partial charge in [-0.2, -0.15) is 0 Å². The van der Waals surface area contributed by atoms with E-state index in [1.165, 1.54) is 7.11 Å². The Morgan fingerprint density at radius 2 is 1.39 bits per heavy atom. The van der Waals surface area contributed by atoms with Gasteiger partial charge in [0.05, 0.1) is 22.2 Å². The van der Waals surface area contributed by atoms with E-state index in [9.17, 15) is 14.0 Å². The number of nitrogens with zero attached hydrogens (tertiary/aromatic N) is 1. The third-order valence-electron chi connectivity index (χ3n) is 5.57. The van der Waals surface area contributed by atoms with E-state index in [0.717, 1.165) is 27.8 Å². The number of rotatable bonds is 9. The van der Waals surface area contributed by atoms with Crippen molar-refractivity contribution in [2.75, 3.05) is 13.7 Å². The number of esters is 2. The topological polar surface area (TPSA) is 74.2 Å². The Bertz CT molecular complexity index is 1410. The van der Waals surface area contributed by atoms with Crippen LogP contribution in [-0.4, -0.2) is 49.0 Å². The number of oxime groups is 1. The number of benzene rings is 4. The highest BCUT2D eigenvalue weighted by molar-refractivity contribution is 9.09. The van der Waals surface area contributed by atoms with Gasteiger partial charge in [0, 0.05) is 0 Å². The van der Waals surface area contributed by atoms with E-state index in [-0.39, 0.29) is 12.2 Å². The van der Waals surface area contributed by atoms with E-state index < -0.39 is 29.0 Å². The smallest absolute Gasteiger partial charge is 0.338 e. The van der Waals surface area contributed by atoms with Crippen molar-refractivity contribution in [3.8, 4) is 0 Å². The number of halogens is 2. The number of carbonyl (C=O) groups excluding carboxylic acids is 2. The maximum Gasteiger partial charge on any atom is 0.338 e. The van der Waals surface area contributed by atoms with E-state index in [4.69, 9.17) is 9.47 Å². The number of ether oxygens (including phenoxy) is 2. The second-order valence-electron chi connectivity index (χ2n) is 7.99. The number of hydrogen-bond donors (Lipinski definition) is 0. The van der Waals surface area contributed by atoms with Gasteiger partial charge >= 0.3 is 11.9 Å². The van der Waals surface area contributed by atoms with Crippen molar-refractivity contribution in [2.24, 2.45) is 5.16 Å². The fourth-order valence-corrected chi connectivity index (χ4v) is 4.23. The summed E-state index contributed by atoms with van der Waals surface area (Å²) < 4.78 is 25.9. The Morgan fingerprint density at radius 1 is 0.861 bits per heavy atom. The number of hydrogen-bond acceptors (Lipinski definition) is 6. The highest BCUT2D eigenvalue weighted by atomic mass is 79.9. The van der Waals surface area contributed by atoms with Crippen LogP contribution >= 0.6 is 15.9 Å². The summed E-state index contributed by atoms with van der Waals surface area (Å²) in [5.74, 6) is -1.30. The van der Waals surface area contributed by atoms with Gasteiger partial charge in [-0.25, -0.2) is 14.0 Å². The molecule has 0 saturated heterocycles.